The SMILES string of the molecule is O=C(c1cc(N2CCOCC2)ccn1)N1CCSC2CCCCC21. The lowest BCUT2D eigenvalue weighted by Gasteiger charge is -2.43. The summed E-state index contributed by atoms with van der Waals surface area (Å²) >= 11 is 2.05. The summed E-state index contributed by atoms with van der Waals surface area (Å²) in [7, 11) is 0. The van der Waals surface area contributed by atoms with Gasteiger partial charge in [-0.2, -0.15) is 11.8 Å². The van der Waals surface area contributed by atoms with Gasteiger partial charge < -0.3 is 14.5 Å². The Bertz CT molecular complexity index is 589. The Kier molecular flexibility index (Phi) is 4.94. The van der Waals surface area contributed by atoms with Gasteiger partial charge in [-0.25, -0.2) is 0 Å². The fraction of sp³-hybridized carbons (Fsp3) is 0.667. The van der Waals surface area contributed by atoms with Crippen molar-refractivity contribution >= 4 is 23.4 Å². The molecule has 3 heterocycles. The number of carbonyl (C=O) groups is 1. The van der Waals surface area contributed by atoms with Gasteiger partial charge in [-0.15, -0.1) is 0 Å². The largest absolute Gasteiger partial charge is 0.378 e. The first-order valence-electron chi connectivity index (χ1n) is 9.04. The number of carbonyl (C=O) groups excluding carboxylic acids is 1. The molecule has 1 aliphatic carbocycles. The molecule has 1 aromatic heterocycles. The molecular weight excluding hydrogens is 322 g/mol. The lowest BCUT2D eigenvalue weighted by Crippen LogP contribution is -2.51. The Labute approximate surface area is 147 Å². The van der Waals surface area contributed by atoms with Gasteiger partial charge in [0.2, 0.25) is 0 Å². The number of hydrogen-bond donors (Lipinski definition) is 0. The number of fused-ring (bicyclic) bond motifs is 1. The Morgan fingerprint density at radius 3 is 2.92 bits per heavy atom. The molecule has 3 fully saturated rings. The first-order valence-corrected chi connectivity index (χ1v) is 10.1. The van der Waals surface area contributed by atoms with Gasteiger partial charge in [-0.3, -0.25) is 9.78 Å². The number of morpholine rings is 1. The van der Waals surface area contributed by atoms with Crippen molar-refractivity contribution in [2.24, 2.45) is 0 Å². The average Bonchev–Trinajstić information content (AvgIpc) is 2.68. The van der Waals surface area contributed by atoms with E-state index in [1.165, 1.54) is 19.3 Å². The third-order valence-electron chi connectivity index (χ3n) is 5.33. The smallest absolute Gasteiger partial charge is 0.272 e. The highest BCUT2D eigenvalue weighted by molar-refractivity contribution is 8.00. The maximum atomic E-state index is 13.1. The summed E-state index contributed by atoms with van der Waals surface area (Å²) in [6.07, 6.45) is 6.72. The van der Waals surface area contributed by atoms with Crippen LogP contribution < -0.4 is 4.90 Å². The van der Waals surface area contributed by atoms with Crippen LogP contribution in [0.5, 0.6) is 0 Å². The topological polar surface area (TPSA) is 45.7 Å². The molecular formula is C18H25N3O2S. The lowest BCUT2D eigenvalue weighted by atomic mass is 9.93. The summed E-state index contributed by atoms with van der Waals surface area (Å²) in [5.41, 5.74) is 1.68. The predicted octanol–water partition coefficient (Wildman–Crippen LogP) is 2.42. The summed E-state index contributed by atoms with van der Waals surface area (Å²) in [5.74, 6) is 1.16. The summed E-state index contributed by atoms with van der Waals surface area (Å²) in [5, 5.41) is 0.624. The molecule has 1 saturated carbocycles. The summed E-state index contributed by atoms with van der Waals surface area (Å²) < 4.78 is 5.42. The van der Waals surface area contributed by atoms with Crippen molar-refractivity contribution in [3.8, 4) is 0 Å². The standard InChI is InChI=1S/C18H25N3O2S/c22-18(21-9-12-24-17-4-2-1-3-16(17)21)15-13-14(5-6-19-15)20-7-10-23-11-8-20/h5-6,13,16-17H,1-4,7-12H2. The number of hydrogen-bond acceptors (Lipinski definition) is 5. The van der Waals surface area contributed by atoms with E-state index in [0.717, 1.165) is 50.7 Å². The second kappa shape index (κ2) is 7.31. The van der Waals surface area contributed by atoms with Crippen LogP contribution in [0, 0.1) is 0 Å². The molecule has 0 radical (unpaired) electrons. The molecule has 0 spiro atoms. The number of thioether (sulfide) groups is 1. The molecule has 2 aliphatic heterocycles. The second-order valence-corrected chi connectivity index (χ2v) is 8.11. The predicted molar refractivity (Wildman–Crippen MR) is 96.8 cm³/mol. The van der Waals surface area contributed by atoms with E-state index >= 15 is 0 Å². The van der Waals surface area contributed by atoms with Gasteiger partial charge in [0.1, 0.15) is 5.69 Å². The number of nitrogens with zero attached hydrogens (tertiary/aromatic N) is 3. The third kappa shape index (κ3) is 3.26. The summed E-state index contributed by atoms with van der Waals surface area (Å²) in [6, 6.07) is 4.36. The van der Waals surface area contributed by atoms with Gasteiger partial charge in [0.05, 0.1) is 13.2 Å². The van der Waals surface area contributed by atoms with Crippen molar-refractivity contribution < 1.29 is 9.53 Å². The van der Waals surface area contributed by atoms with Crippen LogP contribution in [0.2, 0.25) is 0 Å². The number of ether oxygens (including phenoxy) is 1. The average molecular weight is 347 g/mol. The van der Waals surface area contributed by atoms with E-state index in [-0.39, 0.29) is 5.91 Å². The van der Waals surface area contributed by atoms with E-state index in [4.69, 9.17) is 4.74 Å². The Morgan fingerprint density at radius 1 is 1.21 bits per heavy atom. The highest BCUT2D eigenvalue weighted by Crippen LogP contribution is 2.36. The quantitative estimate of drug-likeness (QED) is 0.822. The number of pyridine rings is 1. The van der Waals surface area contributed by atoms with E-state index in [1.807, 2.05) is 12.1 Å². The van der Waals surface area contributed by atoms with Crippen LogP contribution in [-0.2, 0) is 4.74 Å². The molecule has 0 aromatic carbocycles. The molecule has 5 nitrogen and oxygen atoms in total. The van der Waals surface area contributed by atoms with Crippen molar-refractivity contribution in [1.29, 1.82) is 0 Å². The Hall–Kier alpha value is -1.27. The van der Waals surface area contributed by atoms with Crippen LogP contribution in [0.4, 0.5) is 5.69 Å². The Morgan fingerprint density at radius 2 is 2.04 bits per heavy atom. The van der Waals surface area contributed by atoms with E-state index in [9.17, 15) is 4.79 Å². The molecule has 0 bridgehead atoms. The second-order valence-electron chi connectivity index (χ2n) is 6.76. The summed E-state index contributed by atoms with van der Waals surface area (Å²) in [4.78, 5) is 21.9. The van der Waals surface area contributed by atoms with Crippen LogP contribution >= 0.6 is 11.8 Å². The molecule has 1 amide bonds. The number of amides is 1. The minimum absolute atomic E-state index is 0.113. The van der Waals surface area contributed by atoms with Gasteiger partial charge in [-0.05, 0) is 25.0 Å². The number of rotatable bonds is 2. The van der Waals surface area contributed by atoms with Gasteiger partial charge in [0.15, 0.2) is 0 Å². The molecule has 0 N–H and O–H groups in total. The highest BCUT2D eigenvalue weighted by Gasteiger charge is 2.37. The Balaban J connectivity index is 1.53. The molecule has 2 unspecified atom stereocenters. The highest BCUT2D eigenvalue weighted by atomic mass is 32.2. The van der Waals surface area contributed by atoms with Crippen molar-refractivity contribution in [3.05, 3.63) is 24.0 Å². The van der Waals surface area contributed by atoms with Gasteiger partial charge in [0, 0.05) is 48.6 Å². The lowest BCUT2D eigenvalue weighted by molar-refractivity contribution is 0.0640. The van der Waals surface area contributed by atoms with Gasteiger partial charge in [-0.1, -0.05) is 12.8 Å². The fourth-order valence-corrected chi connectivity index (χ4v) is 5.49. The van der Waals surface area contributed by atoms with Crippen LogP contribution in [0.1, 0.15) is 36.2 Å². The zero-order chi connectivity index (χ0) is 16.4. The van der Waals surface area contributed by atoms with Crippen LogP contribution in [0.15, 0.2) is 18.3 Å². The monoisotopic (exact) mass is 347 g/mol. The molecule has 2 atom stereocenters. The zero-order valence-electron chi connectivity index (χ0n) is 14.0. The molecule has 4 rings (SSSR count). The van der Waals surface area contributed by atoms with Gasteiger partial charge >= 0.3 is 0 Å². The molecule has 3 aliphatic rings. The van der Waals surface area contributed by atoms with Crippen LogP contribution in [0.25, 0.3) is 0 Å². The maximum absolute atomic E-state index is 13.1. The number of anilines is 1. The van der Waals surface area contributed by atoms with E-state index in [1.54, 1.807) is 6.20 Å². The normalized spacial score (nSPS) is 27.7. The minimum atomic E-state index is 0.113. The van der Waals surface area contributed by atoms with E-state index < -0.39 is 0 Å². The van der Waals surface area contributed by atoms with Crippen molar-refractivity contribution in [2.45, 2.75) is 37.0 Å². The van der Waals surface area contributed by atoms with Crippen LogP contribution in [0.3, 0.4) is 0 Å². The van der Waals surface area contributed by atoms with Crippen LogP contribution in [-0.4, -0.2) is 65.7 Å². The van der Waals surface area contributed by atoms with Crippen molar-refractivity contribution in [2.75, 3.05) is 43.5 Å². The van der Waals surface area contributed by atoms with E-state index in [2.05, 4.69) is 26.5 Å². The van der Waals surface area contributed by atoms with E-state index in [0.29, 0.717) is 17.0 Å². The van der Waals surface area contributed by atoms with Gasteiger partial charge in [0.25, 0.3) is 5.91 Å². The minimum Gasteiger partial charge on any atom is -0.378 e. The first-order chi connectivity index (χ1) is 11.8. The molecule has 130 valence electrons. The zero-order valence-corrected chi connectivity index (χ0v) is 14.8. The van der Waals surface area contributed by atoms with Crippen molar-refractivity contribution in [3.63, 3.8) is 0 Å². The first kappa shape index (κ1) is 16.2. The molecule has 6 heteroatoms. The van der Waals surface area contributed by atoms with Crippen molar-refractivity contribution in [1.82, 2.24) is 9.88 Å². The fourth-order valence-electron chi connectivity index (χ4n) is 4.05. The third-order valence-corrected chi connectivity index (χ3v) is 6.73. The number of aromatic nitrogens is 1. The molecule has 1 aromatic rings. The summed E-state index contributed by atoms with van der Waals surface area (Å²) in [6.45, 7) is 4.11. The molecule has 24 heavy (non-hydrogen) atoms. The molecule has 2 saturated heterocycles. The maximum Gasteiger partial charge on any atom is 0.272 e.